The zero-order chi connectivity index (χ0) is 10.1. The molecule has 1 aromatic heterocycles. The predicted molar refractivity (Wildman–Crippen MR) is 58.7 cm³/mol. The lowest BCUT2D eigenvalue weighted by atomic mass is 10.1. The molecule has 74 valence electrons. The SMILES string of the molecule is c1cc[n+](N2Cc3ccccc3C2)cc1. The Labute approximate surface area is 89.4 Å². The average Bonchev–Trinajstić information content (AvgIpc) is 2.74. The van der Waals surface area contributed by atoms with E-state index in [1.807, 2.05) is 6.07 Å². The molecule has 3 rings (SSSR count). The van der Waals surface area contributed by atoms with Gasteiger partial charge in [-0.2, -0.15) is 5.01 Å². The minimum atomic E-state index is 1.00. The Kier molecular flexibility index (Phi) is 1.91. The summed E-state index contributed by atoms with van der Waals surface area (Å²) in [6.45, 7) is 2.01. The Morgan fingerprint density at radius 3 is 2.00 bits per heavy atom. The Balaban J connectivity index is 1.91. The van der Waals surface area contributed by atoms with Gasteiger partial charge in [0.2, 0.25) is 0 Å². The second kappa shape index (κ2) is 3.39. The van der Waals surface area contributed by atoms with Gasteiger partial charge in [0.05, 0.1) is 13.1 Å². The molecule has 1 aliphatic rings. The summed E-state index contributed by atoms with van der Waals surface area (Å²) in [4.78, 5) is 0. The fourth-order valence-corrected chi connectivity index (χ4v) is 2.06. The van der Waals surface area contributed by atoms with Gasteiger partial charge in [0.25, 0.3) is 0 Å². The van der Waals surface area contributed by atoms with Gasteiger partial charge in [0, 0.05) is 12.1 Å². The van der Waals surface area contributed by atoms with Gasteiger partial charge in [-0.25, -0.2) is 0 Å². The van der Waals surface area contributed by atoms with E-state index >= 15 is 0 Å². The van der Waals surface area contributed by atoms with Crippen LogP contribution in [0.3, 0.4) is 0 Å². The summed E-state index contributed by atoms with van der Waals surface area (Å²) >= 11 is 0. The summed E-state index contributed by atoms with van der Waals surface area (Å²) in [5.41, 5.74) is 2.88. The summed E-state index contributed by atoms with van der Waals surface area (Å²) in [6.07, 6.45) is 4.18. The Morgan fingerprint density at radius 1 is 0.800 bits per heavy atom. The molecule has 0 saturated carbocycles. The quantitative estimate of drug-likeness (QED) is 0.630. The molecule has 2 aromatic rings. The fourth-order valence-electron chi connectivity index (χ4n) is 2.06. The van der Waals surface area contributed by atoms with Crippen LogP contribution in [0.4, 0.5) is 0 Å². The predicted octanol–water partition coefficient (Wildman–Crippen LogP) is 1.63. The van der Waals surface area contributed by atoms with Gasteiger partial charge < -0.3 is 0 Å². The summed E-state index contributed by atoms with van der Waals surface area (Å²) in [5.74, 6) is 0. The van der Waals surface area contributed by atoms with E-state index in [1.165, 1.54) is 11.1 Å². The Bertz CT molecular complexity index is 440. The van der Waals surface area contributed by atoms with Gasteiger partial charge in [-0.05, 0) is 11.1 Å². The van der Waals surface area contributed by atoms with Crippen molar-refractivity contribution in [2.45, 2.75) is 13.1 Å². The highest BCUT2D eigenvalue weighted by molar-refractivity contribution is 5.32. The molecule has 0 bridgehead atoms. The van der Waals surface area contributed by atoms with Crippen LogP contribution in [0.2, 0.25) is 0 Å². The number of pyridine rings is 1. The molecule has 0 atom stereocenters. The van der Waals surface area contributed by atoms with Crippen molar-refractivity contribution < 1.29 is 4.68 Å². The van der Waals surface area contributed by atoms with Gasteiger partial charge >= 0.3 is 0 Å². The van der Waals surface area contributed by atoms with Crippen molar-refractivity contribution >= 4 is 0 Å². The van der Waals surface area contributed by atoms with E-state index in [0.29, 0.717) is 0 Å². The molecule has 0 saturated heterocycles. The molecular weight excluding hydrogens is 184 g/mol. The second-order valence-corrected chi connectivity index (χ2v) is 3.85. The molecule has 2 nitrogen and oxygen atoms in total. The monoisotopic (exact) mass is 197 g/mol. The van der Waals surface area contributed by atoms with E-state index in [4.69, 9.17) is 0 Å². The van der Waals surface area contributed by atoms with Crippen LogP contribution in [0.5, 0.6) is 0 Å². The highest BCUT2D eigenvalue weighted by Gasteiger charge is 2.23. The lowest BCUT2D eigenvalue weighted by Gasteiger charge is -2.08. The van der Waals surface area contributed by atoms with Crippen LogP contribution >= 0.6 is 0 Å². The summed E-state index contributed by atoms with van der Waals surface area (Å²) < 4.78 is 2.15. The third-order valence-corrected chi connectivity index (χ3v) is 2.85. The molecule has 2 heteroatoms. The largest absolute Gasteiger partial charge is 0.199 e. The molecule has 1 aromatic carbocycles. The Hall–Kier alpha value is -1.83. The standard InChI is InChI=1S/C13H13N2/c1-4-8-14(9-5-1)15-10-12-6-2-3-7-13(12)11-15/h1-9H,10-11H2/q+1. The summed E-state index contributed by atoms with van der Waals surface area (Å²) in [5, 5.41) is 2.32. The van der Waals surface area contributed by atoms with Gasteiger partial charge in [-0.1, -0.05) is 35.0 Å². The molecule has 0 spiro atoms. The maximum Gasteiger partial charge on any atom is 0.199 e. The topological polar surface area (TPSA) is 7.12 Å². The normalized spacial score (nSPS) is 14.0. The highest BCUT2D eigenvalue weighted by atomic mass is 15.5. The zero-order valence-electron chi connectivity index (χ0n) is 8.50. The molecule has 0 unspecified atom stereocenters. The van der Waals surface area contributed by atoms with Crippen molar-refractivity contribution in [2.24, 2.45) is 0 Å². The minimum Gasteiger partial charge on any atom is -0.172 e. The smallest absolute Gasteiger partial charge is 0.172 e. The van der Waals surface area contributed by atoms with Gasteiger partial charge in [0.1, 0.15) is 0 Å². The number of hydrogen-bond acceptors (Lipinski definition) is 1. The fraction of sp³-hybridized carbons (Fsp3) is 0.154. The van der Waals surface area contributed by atoms with E-state index in [1.54, 1.807) is 0 Å². The van der Waals surface area contributed by atoms with Crippen molar-refractivity contribution in [3.8, 4) is 0 Å². The van der Waals surface area contributed by atoms with Crippen molar-refractivity contribution in [2.75, 3.05) is 5.01 Å². The van der Waals surface area contributed by atoms with Gasteiger partial charge in [0.15, 0.2) is 12.4 Å². The minimum absolute atomic E-state index is 1.00. The van der Waals surface area contributed by atoms with Gasteiger partial charge in [-0.3, -0.25) is 0 Å². The van der Waals surface area contributed by atoms with Crippen molar-refractivity contribution in [3.63, 3.8) is 0 Å². The van der Waals surface area contributed by atoms with Crippen molar-refractivity contribution in [1.29, 1.82) is 0 Å². The molecule has 0 aliphatic carbocycles. The third-order valence-electron chi connectivity index (χ3n) is 2.85. The summed E-state index contributed by atoms with van der Waals surface area (Å²) in [7, 11) is 0. The zero-order valence-corrected chi connectivity index (χ0v) is 8.50. The maximum atomic E-state index is 2.32. The second-order valence-electron chi connectivity index (χ2n) is 3.85. The van der Waals surface area contributed by atoms with E-state index in [0.717, 1.165) is 13.1 Å². The number of nitrogens with zero attached hydrogens (tertiary/aromatic N) is 2. The molecule has 0 radical (unpaired) electrons. The van der Waals surface area contributed by atoms with Crippen LogP contribution in [0, 0.1) is 0 Å². The molecule has 0 amide bonds. The average molecular weight is 197 g/mol. The van der Waals surface area contributed by atoms with Crippen LogP contribution in [-0.2, 0) is 13.1 Å². The first-order valence-corrected chi connectivity index (χ1v) is 5.22. The lowest BCUT2D eigenvalue weighted by molar-refractivity contribution is -0.696. The van der Waals surface area contributed by atoms with Crippen LogP contribution in [0.1, 0.15) is 11.1 Å². The van der Waals surface area contributed by atoms with E-state index in [2.05, 4.69) is 58.5 Å². The first-order valence-electron chi connectivity index (χ1n) is 5.22. The first kappa shape index (κ1) is 8.48. The van der Waals surface area contributed by atoms with Crippen LogP contribution in [-0.4, -0.2) is 0 Å². The van der Waals surface area contributed by atoms with Crippen molar-refractivity contribution in [1.82, 2.24) is 0 Å². The number of hydrogen-bond donors (Lipinski definition) is 0. The van der Waals surface area contributed by atoms with Crippen LogP contribution < -0.4 is 9.69 Å². The number of aromatic nitrogens is 1. The highest BCUT2D eigenvalue weighted by Crippen LogP contribution is 2.18. The first-order chi connectivity index (χ1) is 7.43. The van der Waals surface area contributed by atoms with Crippen molar-refractivity contribution in [3.05, 3.63) is 66.0 Å². The molecular formula is C13H13N2+. The van der Waals surface area contributed by atoms with E-state index in [9.17, 15) is 0 Å². The molecule has 0 fully saturated rings. The maximum absolute atomic E-state index is 2.32. The molecule has 2 heterocycles. The lowest BCUT2D eigenvalue weighted by Crippen LogP contribution is -2.53. The number of benzene rings is 1. The number of rotatable bonds is 1. The van der Waals surface area contributed by atoms with Crippen LogP contribution in [0.25, 0.3) is 0 Å². The molecule has 15 heavy (non-hydrogen) atoms. The van der Waals surface area contributed by atoms with E-state index in [-0.39, 0.29) is 0 Å². The van der Waals surface area contributed by atoms with Gasteiger partial charge in [-0.15, -0.1) is 0 Å². The Morgan fingerprint density at radius 2 is 1.40 bits per heavy atom. The molecule has 1 aliphatic heterocycles. The van der Waals surface area contributed by atoms with Crippen LogP contribution in [0.15, 0.2) is 54.9 Å². The summed E-state index contributed by atoms with van der Waals surface area (Å²) in [6, 6.07) is 14.8. The molecule has 0 N–H and O–H groups in total. The number of fused-ring (bicyclic) bond motifs is 1. The van der Waals surface area contributed by atoms with E-state index < -0.39 is 0 Å². The third kappa shape index (κ3) is 1.48.